The van der Waals surface area contributed by atoms with Crippen molar-refractivity contribution in [1.29, 1.82) is 0 Å². The van der Waals surface area contributed by atoms with Gasteiger partial charge in [-0.3, -0.25) is 0 Å². The number of hydrogen-bond donors (Lipinski definition) is 0. The highest BCUT2D eigenvalue weighted by Crippen LogP contribution is 2.39. The first-order chi connectivity index (χ1) is 13.7. The van der Waals surface area contributed by atoms with E-state index in [1.165, 1.54) is 25.7 Å². The van der Waals surface area contributed by atoms with Crippen LogP contribution in [0.2, 0.25) is 0 Å². The number of alkyl halides is 6. The third kappa shape index (κ3) is 9.57. The largest absolute Gasteiger partial charge is 0.502 e. The van der Waals surface area contributed by atoms with Gasteiger partial charge in [-0.05, 0) is 12.8 Å². The summed E-state index contributed by atoms with van der Waals surface area (Å²) in [5.41, 5.74) is -12.3. The van der Waals surface area contributed by atoms with Gasteiger partial charge in [-0.15, -0.1) is 0 Å². The van der Waals surface area contributed by atoms with Crippen LogP contribution in [0.15, 0.2) is 10.3 Å². The fourth-order valence-electron chi connectivity index (χ4n) is 2.80. The minimum absolute atomic E-state index is 0.0158. The van der Waals surface area contributed by atoms with E-state index in [2.05, 4.69) is 6.92 Å². The van der Waals surface area contributed by atoms with Gasteiger partial charge >= 0.3 is 11.0 Å². The second-order valence-electron chi connectivity index (χ2n) is 7.10. The minimum atomic E-state index is -6.64. The molecule has 0 saturated carbocycles. The highest BCUT2D eigenvalue weighted by molar-refractivity contribution is 8.15. The molecule has 0 aromatic carbocycles. The summed E-state index contributed by atoms with van der Waals surface area (Å²) in [6.45, 7) is 2.14. The second kappa shape index (κ2) is 12.9. The Bertz CT molecular complexity index is 677. The highest BCUT2D eigenvalue weighted by atomic mass is 32.3. The molecule has 0 spiro atoms. The van der Waals surface area contributed by atoms with E-state index in [0.29, 0.717) is 12.8 Å². The SMILES string of the molecule is CCCCCCCCCCCCCCC=C(S(=O)(=O)C(F)(F)F)S(=O)(=O)C(F)(F)F. The van der Waals surface area contributed by atoms with Crippen molar-refractivity contribution in [2.45, 2.75) is 101 Å². The molecular weight excluding hydrogens is 458 g/mol. The third-order valence-corrected chi connectivity index (χ3v) is 8.44. The Balaban J connectivity index is 4.57. The highest BCUT2D eigenvalue weighted by Gasteiger charge is 2.59. The molecule has 0 saturated heterocycles. The number of allylic oxidation sites excluding steroid dienone is 1. The Morgan fingerprint density at radius 1 is 0.600 bits per heavy atom. The van der Waals surface area contributed by atoms with Crippen LogP contribution in [-0.4, -0.2) is 27.9 Å². The molecule has 0 aromatic rings. The second-order valence-corrected chi connectivity index (χ2v) is 11.2. The summed E-state index contributed by atoms with van der Waals surface area (Å²) in [4.78, 5) is 0. The van der Waals surface area contributed by atoms with E-state index in [1.54, 1.807) is 0 Å². The van der Waals surface area contributed by atoms with Crippen LogP contribution < -0.4 is 0 Å². The Labute approximate surface area is 174 Å². The van der Waals surface area contributed by atoms with Crippen molar-refractivity contribution in [2.75, 3.05) is 0 Å². The summed E-state index contributed by atoms with van der Waals surface area (Å²) in [7, 11) is -13.3. The van der Waals surface area contributed by atoms with E-state index in [0.717, 1.165) is 32.1 Å². The normalized spacial score (nSPS) is 13.4. The van der Waals surface area contributed by atoms with E-state index < -0.39 is 41.3 Å². The first kappa shape index (κ1) is 29.2. The van der Waals surface area contributed by atoms with Crippen LogP contribution in [0, 0.1) is 0 Å². The molecule has 0 aromatic heterocycles. The molecule has 0 heterocycles. The number of rotatable bonds is 15. The van der Waals surface area contributed by atoms with Gasteiger partial charge in [0.15, 0.2) is 4.24 Å². The quantitative estimate of drug-likeness (QED) is 0.188. The molecule has 0 rings (SSSR count). The molecule has 12 heteroatoms. The van der Waals surface area contributed by atoms with Gasteiger partial charge in [-0.2, -0.15) is 26.3 Å². The zero-order chi connectivity index (χ0) is 23.5. The van der Waals surface area contributed by atoms with Crippen molar-refractivity contribution in [2.24, 2.45) is 0 Å². The van der Waals surface area contributed by atoms with Gasteiger partial charge in [0.05, 0.1) is 0 Å². The molecule has 0 bridgehead atoms. The van der Waals surface area contributed by atoms with Crippen molar-refractivity contribution in [3.05, 3.63) is 10.3 Å². The third-order valence-electron chi connectivity index (χ3n) is 4.51. The maximum atomic E-state index is 12.6. The molecule has 0 aliphatic heterocycles. The molecule has 0 N–H and O–H groups in total. The Morgan fingerprint density at radius 2 is 0.900 bits per heavy atom. The molecule has 0 amide bonds. The first-order valence-electron chi connectivity index (χ1n) is 10.0. The molecule has 4 nitrogen and oxygen atoms in total. The average Bonchev–Trinajstić information content (AvgIpc) is 2.59. The van der Waals surface area contributed by atoms with Crippen LogP contribution in [0.1, 0.15) is 90.4 Å². The Kier molecular flexibility index (Phi) is 12.6. The van der Waals surface area contributed by atoms with Crippen molar-refractivity contribution in [1.82, 2.24) is 0 Å². The summed E-state index contributed by atoms with van der Waals surface area (Å²) in [6.07, 6.45) is 10.7. The topological polar surface area (TPSA) is 68.3 Å². The Morgan fingerprint density at radius 3 is 1.20 bits per heavy atom. The van der Waals surface area contributed by atoms with Crippen molar-refractivity contribution in [3.8, 4) is 0 Å². The number of hydrogen-bond acceptors (Lipinski definition) is 4. The van der Waals surface area contributed by atoms with E-state index in [1.807, 2.05) is 0 Å². The molecular formula is C18H30F6O4S2. The van der Waals surface area contributed by atoms with Crippen LogP contribution >= 0.6 is 0 Å². The van der Waals surface area contributed by atoms with Crippen LogP contribution in [0.5, 0.6) is 0 Å². The van der Waals surface area contributed by atoms with Crippen LogP contribution in [0.3, 0.4) is 0 Å². The summed E-state index contributed by atoms with van der Waals surface area (Å²) in [5, 5.41) is 0. The van der Waals surface area contributed by atoms with E-state index in [4.69, 9.17) is 0 Å². The Hall–Kier alpha value is -0.780. The van der Waals surface area contributed by atoms with Crippen LogP contribution in [0.25, 0.3) is 0 Å². The van der Waals surface area contributed by atoms with Crippen molar-refractivity contribution < 1.29 is 43.2 Å². The lowest BCUT2D eigenvalue weighted by Gasteiger charge is -2.14. The molecule has 0 fully saturated rings. The molecule has 0 aliphatic carbocycles. The molecule has 0 atom stereocenters. The minimum Gasteiger partial charge on any atom is -0.214 e. The lowest BCUT2D eigenvalue weighted by molar-refractivity contribution is -0.0444. The predicted octanol–water partition coefficient (Wildman–Crippen LogP) is 6.79. The standard InChI is InChI=1S/C18H30F6O4S2/c1-2-3-4-5-6-7-8-9-10-11-12-13-14-15-16(29(25,26)17(19,20)21)30(27,28)18(22,23)24/h15H,2-14H2,1H3. The predicted molar refractivity (Wildman–Crippen MR) is 104 cm³/mol. The number of sulfone groups is 2. The van der Waals surface area contributed by atoms with E-state index >= 15 is 0 Å². The lowest BCUT2D eigenvalue weighted by atomic mass is 10.0. The van der Waals surface area contributed by atoms with E-state index in [9.17, 15) is 43.2 Å². The first-order valence-corrected chi connectivity index (χ1v) is 13.0. The zero-order valence-electron chi connectivity index (χ0n) is 17.0. The summed E-state index contributed by atoms with van der Waals surface area (Å²) in [5.74, 6) is 0. The van der Waals surface area contributed by atoms with E-state index in [-0.39, 0.29) is 12.5 Å². The zero-order valence-corrected chi connectivity index (χ0v) is 18.6. The average molecular weight is 489 g/mol. The molecule has 0 aliphatic rings. The lowest BCUT2D eigenvalue weighted by Crippen LogP contribution is -2.34. The number of unbranched alkanes of at least 4 members (excludes halogenated alkanes) is 12. The number of halogens is 6. The van der Waals surface area contributed by atoms with Crippen molar-refractivity contribution >= 4 is 19.7 Å². The maximum Gasteiger partial charge on any atom is 0.502 e. The summed E-state index contributed by atoms with van der Waals surface area (Å²) >= 11 is 0. The maximum absolute atomic E-state index is 12.6. The van der Waals surface area contributed by atoms with Gasteiger partial charge in [0.1, 0.15) is 0 Å². The van der Waals surface area contributed by atoms with Gasteiger partial charge in [-0.1, -0.05) is 83.6 Å². The van der Waals surface area contributed by atoms with Crippen LogP contribution in [0.4, 0.5) is 26.3 Å². The smallest absolute Gasteiger partial charge is 0.214 e. The fraction of sp³-hybridized carbons (Fsp3) is 0.889. The summed E-state index contributed by atoms with van der Waals surface area (Å²) in [6, 6.07) is 0. The van der Waals surface area contributed by atoms with Gasteiger partial charge in [0.2, 0.25) is 0 Å². The van der Waals surface area contributed by atoms with Crippen LogP contribution in [-0.2, 0) is 19.7 Å². The summed E-state index contributed by atoms with van der Waals surface area (Å²) < 4.78 is 118. The monoisotopic (exact) mass is 488 g/mol. The molecule has 0 radical (unpaired) electrons. The fourth-order valence-corrected chi connectivity index (χ4v) is 5.65. The molecule has 0 unspecified atom stereocenters. The molecule has 30 heavy (non-hydrogen) atoms. The van der Waals surface area contributed by atoms with Gasteiger partial charge < -0.3 is 0 Å². The van der Waals surface area contributed by atoms with Gasteiger partial charge in [0.25, 0.3) is 19.7 Å². The molecule has 180 valence electrons. The van der Waals surface area contributed by atoms with Crippen molar-refractivity contribution in [3.63, 3.8) is 0 Å². The van der Waals surface area contributed by atoms with Gasteiger partial charge in [-0.25, -0.2) is 16.8 Å². The van der Waals surface area contributed by atoms with Gasteiger partial charge in [0, 0.05) is 0 Å².